The number of nitrogens with zero attached hydrogens (tertiary/aromatic N) is 2. The molecule has 0 saturated heterocycles. The van der Waals surface area contributed by atoms with Crippen LogP contribution in [0.1, 0.15) is 42.5 Å². The van der Waals surface area contributed by atoms with Crippen LogP contribution >= 0.6 is 0 Å². The number of para-hydroxylation sites is 1. The van der Waals surface area contributed by atoms with Crippen LogP contribution in [-0.4, -0.2) is 39.9 Å². The van der Waals surface area contributed by atoms with Crippen LogP contribution in [0.3, 0.4) is 0 Å². The lowest BCUT2D eigenvalue weighted by atomic mass is 9.80. The van der Waals surface area contributed by atoms with Gasteiger partial charge in [-0.15, -0.1) is 0 Å². The van der Waals surface area contributed by atoms with Crippen LogP contribution in [0.2, 0.25) is 0 Å². The molecular weight excluding hydrogens is 470 g/mol. The number of aromatic nitrogens is 2. The number of aliphatic hydroxyl groups excluding tert-OH is 1. The highest BCUT2D eigenvalue weighted by Crippen LogP contribution is 2.39. The zero-order valence-corrected chi connectivity index (χ0v) is 21.6. The molecule has 2 N–H and O–H groups in total. The molecule has 37 heavy (non-hydrogen) atoms. The number of allylic oxidation sites excluding steroid dienone is 1. The molecule has 8 heteroatoms. The lowest BCUT2D eigenvalue weighted by Gasteiger charge is -2.36. The summed E-state index contributed by atoms with van der Waals surface area (Å²) in [7, 11) is 1.85. The van der Waals surface area contributed by atoms with Crippen LogP contribution in [0.15, 0.2) is 77.3 Å². The second kappa shape index (κ2) is 12.1. The summed E-state index contributed by atoms with van der Waals surface area (Å²) in [4.78, 5) is 27.1. The van der Waals surface area contributed by atoms with Crippen LogP contribution in [0.4, 0.5) is 0 Å². The number of carbonyl (C=O) groups excluding carboxylic acids is 1. The minimum absolute atomic E-state index is 0.0121. The molecule has 196 valence electrons. The molecule has 1 aromatic heterocycles. The topological polar surface area (TPSA) is 94.7 Å². The van der Waals surface area contributed by atoms with Crippen LogP contribution < -0.4 is 10.9 Å². The van der Waals surface area contributed by atoms with Crippen molar-refractivity contribution < 1.29 is 19.4 Å². The molecule has 1 amide bonds. The third kappa shape index (κ3) is 5.70. The van der Waals surface area contributed by atoms with Crippen LogP contribution in [0.5, 0.6) is 0 Å². The smallest absolute Gasteiger partial charge is 0.286 e. The van der Waals surface area contributed by atoms with Gasteiger partial charge >= 0.3 is 0 Å². The second-order valence-corrected chi connectivity index (χ2v) is 9.17. The molecule has 0 spiro atoms. The van der Waals surface area contributed by atoms with E-state index in [4.69, 9.17) is 9.47 Å². The molecule has 4 rings (SSSR count). The Bertz CT molecular complexity index is 1280. The van der Waals surface area contributed by atoms with Gasteiger partial charge in [0, 0.05) is 49.9 Å². The Kier molecular flexibility index (Phi) is 8.63. The summed E-state index contributed by atoms with van der Waals surface area (Å²) in [6.07, 6.45) is 2.11. The van der Waals surface area contributed by atoms with E-state index in [0.717, 1.165) is 16.9 Å². The Morgan fingerprint density at radius 2 is 1.78 bits per heavy atom. The lowest BCUT2D eigenvalue weighted by Crippen LogP contribution is -2.40. The number of hydrogen-bond acceptors (Lipinski definition) is 5. The highest BCUT2D eigenvalue weighted by molar-refractivity contribution is 5.91. The summed E-state index contributed by atoms with van der Waals surface area (Å²) in [5, 5.41) is 12.5. The summed E-state index contributed by atoms with van der Waals surface area (Å²) >= 11 is 0. The fraction of sp³-hybridized carbons (Fsp3) is 0.379. The van der Waals surface area contributed by atoms with Gasteiger partial charge in [-0.25, -0.2) is 4.68 Å². The zero-order valence-electron chi connectivity index (χ0n) is 21.6. The molecule has 1 aliphatic rings. The maximum atomic E-state index is 13.9. The molecule has 0 unspecified atom stereocenters. The minimum atomic E-state index is -0.729. The average Bonchev–Trinajstić information content (AvgIpc) is 3.14. The van der Waals surface area contributed by atoms with Crippen molar-refractivity contribution in [3.05, 3.63) is 99.7 Å². The molecule has 1 aliphatic heterocycles. The van der Waals surface area contributed by atoms with Crippen molar-refractivity contribution in [2.45, 2.75) is 45.4 Å². The molecule has 0 radical (unpaired) electrons. The predicted molar refractivity (Wildman–Crippen MR) is 141 cm³/mol. The maximum absolute atomic E-state index is 13.9. The van der Waals surface area contributed by atoms with E-state index in [1.165, 1.54) is 0 Å². The van der Waals surface area contributed by atoms with E-state index in [1.54, 1.807) is 10.8 Å². The van der Waals surface area contributed by atoms with E-state index in [0.29, 0.717) is 31.6 Å². The van der Waals surface area contributed by atoms with Crippen molar-refractivity contribution >= 4 is 5.91 Å². The molecule has 0 bridgehead atoms. The molecule has 8 nitrogen and oxygen atoms in total. The largest absolute Gasteiger partial charge is 0.459 e. The highest BCUT2D eigenvalue weighted by atomic mass is 16.7. The first kappa shape index (κ1) is 26.4. The number of hydrogen-bond donors (Lipinski definition) is 2. The lowest BCUT2D eigenvalue weighted by molar-refractivity contribution is -0.166. The predicted octanol–water partition coefficient (Wildman–Crippen LogP) is 3.55. The maximum Gasteiger partial charge on any atom is 0.286 e. The summed E-state index contributed by atoms with van der Waals surface area (Å²) < 4.78 is 15.5. The average molecular weight is 506 g/mol. The second-order valence-electron chi connectivity index (χ2n) is 9.17. The fourth-order valence-electron chi connectivity index (χ4n) is 4.94. The van der Waals surface area contributed by atoms with Gasteiger partial charge in [0.05, 0.1) is 5.69 Å². The number of ether oxygens (including phenoxy) is 2. The monoisotopic (exact) mass is 505 g/mol. The van der Waals surface area contributed by atoms with Gasteiger partial charge in [0.15, 0.2) is 5.76 Å². The van der Waals surface area contributed by atoms with Gasteiger partial charge in [-0.1, -0.05) is 48.5 Å². The van der Waals surface area contributed by atoms with Crippen molar-refractivity contribution in [1.82, 2.24) is 14.7 Å². The van der Waals surface area contributed by atoms with E-state index in [1.807, 2.05) is 86.2 Å². The number of benzene rings is 2. The van der Waals surface area contributed by atoms with Gasteiger partial charge in [-0.2, -0.15) is 0 Å². The SMILES string of the molecule is CCO[C@H]1OC(C(=O)NCc2ccccc2)=C[C@@H](c2c(C)n(C)n(-c3ccccc3)c2=O)[C@H]1CCCO. The van der Waals surface area contributed by atoms with Crippen molar-refractivity contribution in [3.8, 4) is 5.69 Å². The van der Waals surface area contributed by atoms with Crippen LogP contribution in [-0.2, 0) is 27.9 Å². The molecule has 3 aromatic rings. The van der Waals surface area contributed by atoms with Gasteiger partial charge in [-0.05, 0) is 50.5 Å². The van der Waals surface area contributed by atoms with E-state index in [2.05, 4.69) is 5.32 Å². The first-order valence-electron chi connectivity index (χ1n) is 12.7. The van der Waals surface area contributed by atoms with Gasteiger partial charge in [0.25, 0.3) is 11.5 Å². The number of carbonyl (C=O) groups is 1. The van der Waals surface area contributed by atoms with Crippen molar-refractivity contribution in [3.63, 3.8) is 0 Å². The highest BCUT2D eigenvalue weighted by Gasteiger charge is 2.40. The Morgan fingerprint density at radius 1 is 1.11 bits per heavy atom. The van der Waals surface area contributed by atoms with Crippen LogP contribution in [0.25, 0.3) is 5.69 Å². The van der Waals surface area contributed by atoms with E-state index < -0.39 is 12.2 Å². The summed E-state index contributed by atoms with van der Waals surface area (Å²) in [6, 6.07) is 19.1. The zero-order chi connectivity index (χ0) is 26.4. The molecule has 0 aliphatic carbocycles. The van der Waals surface area contributed by atoms with Gasteiger partial charge in [0.1, 0.15) is 0 Å². The normalized spacial score (nSPS) is 19.2. The Hall–Kier alpha value is -3.62. The van der Waals surface area contributed by atoms with Gasteiger partial charge in [-0.3, -0.25) is 14.3 Å². The molecule has 2 aromatic carbocycles. The number of rotatable bonds is 10. The Morgan fingerprint density at radius 3 is 2.43 bits per heavy atom. The third-order valence-electron chi connectivity index (χ3n) is 6.86. The number of aliphatic hydroxyl groups is 1. The first-order chi connectivity index (χ1) is 18.0. The number of nitrogens with one attached hydrogen (secondary N) is 1. The van der Waals surface area contributed by atoms with Gasteiger partial charge < -0.3 is 19.9 Å². The number of amides is 1. The minimum Gasteiger partial charge on any atom is -0.459 e. The van der Waals surface area contributed by atoms with E-state index in [-0.39, 0.29) is 29.8 Å². The van der Waals surface area contributed by atoms with Crippen LogP contribution in [0, 0.1) is 12.8 Å². The summed E-state index contributed by atoms with van der Waals surface area (Å²) in [5.74, 6) is -0.918. The molecular formula is C29H35N3O5. The van der Waals surface area contributed by atoms with Crippen molar-refractivity contribution in [1.29, 1.82) is 0 Å². The molecule has 0 fully saturated rings. The first-order valence-corrected chi connectivity index (χ1v) is 12.7. The standard InChI is InChI=1S/C29H35N3O5/c1-4-36-29-23(16-11-17-33)24(18-25(37-29)27(34)30-19-21-12-7-5-8-13-21)26-20(2)31(3)32(28(26)35)22-14-9-6-10-15-22/h5-10,12-15,18,23-24,29,33H,4,11,16-17,19H2,1-3H3,(H,30,34)/t23-,24-,29+/m1/s1. The Labute approximate surface area is 217 Å². The fourth-order valence-corrected chi connectivity index (χ4v) is 4.94. The molecule has 0 saturated carbocycles. The van der Waals surface area contributed by atoms with E-state index >= 15 is 0 Å². The quantitative estimate of drug-likeness (QED) is 0.440. The van der Waals surface area contributed by atoms with Crippen molar-refractivity contribution in [2.24, 2.45) is 13.0 Å². The van der Waals surface area contributed by atoms with Crippen molar-refractivity contribution in [2.75, 3.05) is 13.2 Å². The Balaban J connectivity index is 1.76. The molecule has 2 heterocycles. The molecule has 3 atom stereocenters. The van der Waals surface area contributed by atoms with Gasteiger partial charge in [0.2, 0.25) is 6.29 Å². The summed E-state index contributed by atoms with van der Waals surface area (Å²) in [5.41, 5.74) is 2.97. The van der Waals surface area contributed by atoms with E-state index in [9.17, 15) is 14.7 Å². The summed E-state index contributed by atoms with van der Waals surface area (Å²) in [6.45, 7) is 4.52. The third-order valence-corrected chi connectivity index (χ3v) is 6.86.